The summed E-state index contributed by atoms with van der Waals surface area (Å²) in [6.45, 7) is 2.43. The van der Waals surface area contributed by atoms with Crippen LogP contribution in [0.15, 0.2) is 24.3 Å². The number of carbonyl (C=O) groups is 1. The minimum atomic E-state index is -0.247. The third-order valence-corrected chi connectivity index (χ3v) is 2.69. The largest absolute Gasteiger partial charge is 0.508 e. The number of hydrogen-bond donors (Lipinski definition) is 4. The first-order valence-corrected chi connectivity index (χ1v) is 6.08. The van der Waals surface area contributed by atoms with Crippen LogP contribution in [0.4, 0.5) is 4.79 Å². The maximum absolute atomic E-state index is 11.6. The Labute approximate surface area is 107 Å². The van der Waals surface area contributed by atoms with Crippen LogP contribution in [-0.2, 0) is 6.54 Å². The molecule has 0 aliphatic carbocycles. The molecule has 100 valence electrons. The van der Waals surface area contributed by atoms with Crippen molar-refractivity contribution in [2.45, 2.75) is 32.4 Å². The molecular weight excluding hydrogens is 232 g/mol. The van der Waals surface area contributed by atoms with Gasteiger partial charge in [0.25, 0.3) is 0 Å². The summed E-state index contributed by atoms with van der Waals surface area (Å²) in [7, 11) is 0. The predicted octanol–water partition coefficient (Wildman–Crippen LogP) is 1.35. The van der Waals surface area contributed by atoms with Gasteiger partial charge in [0.2, 0.25) is 0 Å². The molecule has 5 heteroatoms. The minimum Gasteiger partial charge on any atom is -0.508 e. The number of aliphatic hydroxyl groups is 1. The second-order valence-corrected chi connectivity index (χ2v) is 4.11. The standard InChI is InChI=1S/C13H20N2O3/c1-2-11(7-8-16)15-13(18)14-9-10-3-5-12(17)6-4-10/h3-6,11,16-17H,2,7-9H2,1H3,(H2,14,15,18). The third-order valence-electron chi connectivity index (χ3n) is 2.69. The Bertz CT molecular complexity index is 365. The van der Waals surface area contributed by atoms with Gasteiger partial charge in [0.1, 0.15) is 5.75 Å². The molecule has 0 heterocycles. The van der Waals surface area contributed by atoms with Gasteiger partial charge in [-0.2, -0.15) is 0 Å². The fourth-order valence-corrected chi connectivity index (χ4v) is 1.57. The maximum Gasteiger partial charge on any atom is 0.315 e. The molecule has 0 saturated heterocycles. The Morgan fingerprint density at radius 1 is 1.33 bits per heavy atom. The molecule has 1 atom stereocenters. The number of aromatic hydroxyl groups is 1. The molecule has 0 bridgehead atoms. The SMILES string of the molecule is CCC(CCO)NC(=O)NCc1ccc(O)cc1. The number of benzene rings is 1. The highest BCUT2D eigenvalue weighted by Gasteiger charge is 2.08. The number of urea groups is 1. The Morgan fingerprint density at radius 2 is 2.00 bits per heavy atom. The summed E-state index contributed by atoms with van der Waals surface area (Å²) in [5.74, 6) is 0.206. The molecule has 1 rings (SSSR count). The van der Waals surface area contributed by atoms with E-state index < -0.39 is 0 Å². The summed E-state index contributed by atoms with van der Waals surface area (Å²) in [5, 5.41) is 23.5. The molecule has 2 amide bonds. The number of amides is 2. The molecule has 0 aromatic heterocycles. The highest BCUT2D eigenvalue weighted by molar-refractivity contribution is 5.74. The highest BCUT2D eigenvalue weighted by atomic mass is 16.3. The van der Waals surface area contributed by atoms with Gasteiger partial charge in [0, 0.05) is 19.2 Å². The van der Waals surface area contributed by atoms with E-state index in [2.05, 4.69) is 10.6 Å². The van der Waals surface area contributed by atoms with Gasteiger partial charge < -0.3 is 20.8 Å². The van der Waals surface area contributed by atoms with Crippen molar-refractivity contribution in [3.63, 3.8) is 0 Å². The molecule has 0 saturated carbocycles. The van der Waals surface area contributed by atoms with E-state index in [4.69, 9.17) is 10.2 Å². The lowest BCUT2D eigenvalue weighted by atomic mass is 10.1. The van der Waals surface area contributed by atoms with E-state index in [1.165, 1.54) is 0 Å². The minimum absolute atomic E-state index is 0.00480. The van der Waals surface area contributed by atoms with Crippen LogP contribution in [0.3, 0.4) is 0 Å². The molecule has 1 aromatic rings. The Hall–Kier alpha value is -1.75. The summed E-state index contributed by atoms with van der Waals surface area (Å²) in [4.78, 5) is 11.6. The van der Waals surface area contributed by atoms with Crippen molar-refractivity contribution in [1.82, 2.24) is 10.6 Å². The number of phenolic OH excluding ortho intramolecular Hbond substituents is 1. The van der Waals surface area contributed by atoms with E-state index in [1.807, 2.05) is 6.92 Å². The first-order chi connectivity index (χ1) is 8.65. The smallest absolute Gasteiger partial charge is 0.315 e. The van der Waals surface area contributed by atoms with E-state index in [0.717, 1.165) is 12.0 Å². The zero-order valence-corrected chi connectivity index (χ0v) is 10.5. The molecule has 0 fully saturated rings. The summed E-state index contributed by atoms with van der Waals surface area (Å²) < 4.78 is 0. The van der Waals surface area contributed by atoms with E-state index in [0.29, 0.717) is 13.0 Å². The van der Waals surface area contributed by atoms with E-state index >= 15 is 0 Å². The molecule has 1 aromatic carbocycles. The van der Waals surface area contributed by atoms with Crippen LogP contribution in [0.5, 0.6) is 5.75 Å². The van der Waals surface area contributed by atoms with Gasteiger partial charge in [-0.25, -0.2) is 4.79 Å². The average molecular weight is 252 g/mol. The second kappa shape index (κ2) is 7.55. The number of carbonyl (C=O) groups excluding carboxylic acids is 1. The van der Waals surface area contributed by atoms with Crippen molar-refractivity contribution in [1.29, 1.82) is 0 Å². The van der Waals surface area contributed by atoms with Gasteiger partial charge in [0.05, 0.1) is 0 Å². The molecule has 0 aliphatic rings. The lowest BCUT2D eigenvalue weighted by Gasteiger charge is -2.16. The normalized spacial score (nSPS) is 11.9. The Morgan fingerprint density at radius 3 is 2.56 bits per heavy atom. The van der Waals surface area contributed by atoms with Crippen molar-refractivity contribution in [2.24, 2.45) is 0 Å². The summed E-state index contributed by atoms with van der Waals surface area (Å²) in [5.41, 5.74) is 0.915. The molecule has 5 nitrogen and oxygen atoms in total. The van der Waals surface area contributed by atoms with Crippen LogP contribution < -0.4 is 10.6 Å². The van der Waals surface area contributed by atoms with E-state index in [1.54, 1.807) is 24.3 Å². The van der Waals surface area contributed by atoms with Gasteiger partial charge in [-0.05, 0) is 30.5 Å². The van der Waals surface area contributed by atoms with Crippen LogP contribution in [0.1, 0.15) is 25.3 Å². The fourth-order valence-electron chi connectivity index (χ4n) is 1.57. The Balaban J connectivity index is 2.34. The monoisotopic (exact) mass is 252 g/mol. The number of rotatable bonds is 6. The van der Waals surface area contributed by atoms with Crippen LogP contribution in [0, 0.1) is 0 Å². The van der Waals surface area contributed by atoms with Crippen molar-refractivity contribution in [3.05, 3.63) is 29.8 Å². The first kappa shape index (κ1) is 14.3. The topological polar surface area (TPSA) is 81.6 Å². The number of aliphatic hydroxyl groups excluding tert-OH is 1. The molecule has 18 heavy (non-hydrogen) atoms. The molecular formula is C13H20N2O3. The average Bonchev–Trinajstić information content (AvgIpc) is 2.37. The number of phenols is 1. The zero-order chi connectivity index (χ0) is 13.4. The molecule has 4 N–H and O–H groups in total. The van der Waals surface area contributed by atoms with Gasteiger partial charge >= 0.3 is 6.03 Å². The van der Waals surface area contributed by atoms with Gasteiger partial charge in [0.15, 0.2) is 0 Å². The first-order valence-electron chi connectivity index (χ1n) is 6.08. The molecule has 1 unspecified atom stereocenters. The highest BCUT2D eigenvalue weighted by Crippen LogP contribution is 2.09. The predicted molar refractivity (Wildman–Crippen MR) is 69.3 cm³/mol. The second-order valence-electron chi connectivity index (χ2n) is 4.11. The number of hydrogen-bond acceptors (Lipinski definition) is 3. The summed E-state index contributed by atoms with van der Waals surface area (Å²) >= 11 is 0. The van der Waals surface area contributed by atoms with Gasteiger partial charge in [-0.1, -0.05) is 19.1 Å². The summed E-state index contributed by atoms with van der Waals surface area (Å²) in [6.07, 6.45) is 1.34. The van der Waals surface area contributed by atoms with Crippen LogP contribution in [0.2, 0.25) is 0 Å². The van der Waals surface area contributed by atoms with Crippen molar-refractivity contribution < 1.29 is 15.0 Å². The van der Waals surface area contributed by atoms with Gasteiger partial charge in [-0.3, -0.25) is 0 Å². The zero-order valence-electron chi connectivity index (χ0n) is 10.5. The van der Waals surface area contributed by atoms with Crippen molar-refractivity contribution in [3.8, 4) is 5.75 Å². The maximum atomic E-state index is 11.6. The van der Waals surface area contributed by atoms with Crippen LogP contribution in [-0.4, -0.2) is 28.9 Å². The lowest BCUT2D eigenvalue weighted by Crippen LogP contribution is -2.41. The quantitative estimate of drug-likeness (QED) is 0.617. The Kier molecular flexibility index (Phi) is 6.00. The van der Waals surface area contributed by atoms with Crippen molar-refractivity contribution >= 4 is 6.03 Å². The molecule has 0 spiro atoms. The molecule has 0 aliphatic heterocycles. The summed E-state index contributed by atoms with van der Waals surface area (Å²) in [6, 6.07) is 6.41. The van der Waals surface area contributed by atoms with Crippen LogP contribution >= 0.6 is 0 Å². The lowest BCUT2D eigenvalue weighted by molar-refractivity contribution is 0.227. The van der Waals surface area contributed by atoms with E-state index in [9.17, 15) is 4.79 Å². The van der Waals surface area contributed by atoms with Crippen LogP contribution in [0.25, 0.3) is 0 Å². The van der Waals surface area contributed by atoms with E-state index in [-0.39, 0.29) is 24.4 Å². The van der Waals surface area contributed by atoms with Crippen molar-refractivity contribution in [2.75, 3.05) is 6.61 Å². The number of nitrogens with one attached hydrogen (secondary N) is 2. The van der Waals surface area contributed by atoms with Gasteiger partial charge in [-0.15, -0.1) is 0 Å². The fraction of sp³-hybridized carbons (Fsp3) is 0.462. The third kappa shape index (κ3) is 5.05. The molecule has 0 radical (unpaired) electrons.